The van der Waals surface area contributed by atoms with Crippen LogP contribution in [0, 0.1) is 35.0 Å². The molecular weight excluding hydrogens is 228 g/mol. The van der Waals surface area contributed by atoms with Crippen LogP contribution < -0.4 is 0 Å². The van der Waals surface area contributed by atoms with Crippen LogP contribution in [0.3, 0.4) is 0 Å². The molecular formula is C15H26O3. The standard InChI is InChI=1S/C15H26O3/c1-8-11(17)6-10-12(8)13-9(14(13,2)7-16)4-5-15(10,3)18/h8-13,16-18H,4-7H2,1-3H3/t8-,9-,10+,11+,12-,13-,14+,15-/m1/s1. The molecule has 3 fully saturated rings. The molecule has 0 heterocycles. The summed E-state index contributed by atoms with van der Waals surface area (Å²) in [5.41, 5.74) is -0.599. The first-order valence-corrected chi connectivity index (χ1v) is 7.34. The summed E-state index contributed by atoms with van der Waals surface area (Å²) in [7, 11) is 0. The van der Waals surface area contributed by atoms with Crippen LogP contribution in [0.1, 0.15) is 40.0 Å². The summed E-state index contributed by atoms with van der Waals surface area (Å²) in [6.45, 7) is 6.48. The van der Waals surface area contributed by atoms with E-state index in [0.717, 1.165) is 19.3 Å². The molecule has 0 saturated heterocycles. The second-order valence-electron chi connectivity index (χ2n) is 7.54. The average Bonchev–Trinajstić information content (AvgIpc) is 2.82. The second kappa shape index (κ2) is 3.71. The Bertz CT molecular complexity index is 354. The van der Waals surface area contributed by atoms with Gasteiger partial charge in [-0.25, -0.2) is 0 Å². The lowest BCUT2D eigenvalue weighted by Crippen LogP contribution is -2.38. The molecule has 0 aromatic heterocycles. The smallest absolute Gasteiger partial charge is 0.0651 e. The molecule has 8 atom stereocenters. The quantitative estimate of drug-likeness (QED) is 0.663. The van der Waals surface area contributed by atoms with Crippen molar-refractivity contribution in [2.75, 3.05) is 6.61 Å². The summed E-state index contributed by atoms with van der Waals surface area (Å²) in [6, 6.07) is 0. The number of hydrogen-bond acceptors (Lipinski definition) is 3. The maximum absolute atomic E-state index is 10.7. The zero-order chi connectivity index (χ0) is 13.3. The monoisotopic (exact) mass is 254 g/mol. The Balaban J connectivity index is 1.95. The van der Waals surface area contributed by atoms with E-state index in [4.69, 9.17) is 0 Å². The fourth-order valence-corrected chi connectivity index (χ4v) is 5.27. The second-order valence-corrected chi connectivity index (χ2v) is 7.54. The molecule has 18 heavy (non-hydrogen) atoms. The van der Waals surface area contributed by atoms with Gasteiger partial charge in [0.25, 0.3) is 0 Å². The number of rotatable bonds is 1. The van der Waals surface area contributed by atoms with Crippen LogP contribution in [0.25, 0.3) is 0 Å². The van der Waals surface area contributed by atoms with Crippen molar-refractivity contribution in [3.63, 3.8) is 0 Å². The largest absolute Gasteiger partial charge is 0.396 e. The van der Waals surface area contributed by atoms with E-state index in [-0.39, 0.29) is 30.0 Å². The highest BCUT2D eigenvalue weighted by molar-refractivity contribution is 5.17. The lowest BCUT2D eigenvalue weighted by Gasteiger charge is -2.35. The third kappa shape index (κ3) is 1.47. The molecule has 0 amide bonds. The SMILES string of the molecule is C[C@H]1[C@H]2[C@H]3[C@@H](CC[C@@](C)(O)[C@H]2C[C@@H]1O)[C@]3(C)CO. The summed E-state index contributed by atoms with van der Waals surface area (Å²) in [5, 5.41) is 30.5. The van der Waals surface area contributed by atoms with Crippen molar-refractivity contribution < 1.29 is 15.3 Å². The zero-order valence-corrected chi connectivity index (χ0v) is 11.6. The van der Waals surface area contributed by atoms with Crippen molar-refractivity contribution in [1.29, 1.82) is 0 Å². The summed E-state index contributed by atoms with van der Waals surface area (Å²) in [4.78, 5) is 0. The molecule has 3 heteroatoms. The first kappa shape index (κ1) is 12.9. The predicted octanol–water partition coefficient (Wildman–Crippen LogP) is 1.41. The molecule has 3 rings (SSSR count). The van der Waals surface area contributed by atoms with Crippen LogP contribution in [0.4, 0.5) is 0 Å². The molecule has 0 bridgehead atoms. The van der Waals surface area contributed by atoms with E-state index >= 15 is 0 Å². The third-order valence-corrected chi connectivity index (χ3v) is 6.62. The van der Waals surface area contributed by atoms with Crippen molar-refractivity contribution in [2.45, 2.75) is 51.7 Å². The lowest BCUT2D eigenvalue weighted by atomic mass is 9.74. The highest BCUT2D eigenvalue weighted by atomic mass is 16.3. The van der Waals surface area contributed by atoms with E-state index in [0.29, 0.717) is 17.8 Å². The number of fused-ring (bicyclic) bond motifs is 3. The first-order chi connectivity index (χ1) is 8.33. The minimum atomic E-state index is -0.639. The Morgan fingerprint density at radius 1 is 1.22 bits per heavy atom. The fraction of sp³-hybridized carbons (Fsp3) is 1.00. The van der Waals surface area contributed by atoms with Crippen molar-refractivity contribution in [2.24, 2.45) is 35.0 Å². The molecule has 3 saturated carbocycles. The normalized spacial score (nSPS) is 63.0. The van der Waals surface area contributed by atoms with E-state index in [2.05, 4.69) is 13.8 Å². The van der Waals surface area contributed by atoms with Crippen molar-refractivity contribution >= 4 is 0 Å². The maximum atomic E-state index is 10.7. The van der Waals surface area contributed by atoms with Gasteiger partial charge in [-0.2, -0.15) is 0 Å². The summed E-state index contributed by atoms with van der Waals surface area (Å²) in [6.07, 6.45) is 2.27. The third-order valence-electron chi connectivity index (χ3n) is 6.62. The molecule has 0 spiro atoms. The van der Waals surface area contributed by atoms with Gasteiger partial charge in [-0.3, -0.25) is 0 Å². The molecule has 0 radical (unpaired) electrons. The Hall–Kier alpha value is -0.120. The van der Waals surface area contributed by atoms with Crippen LogP contribution in [0.15, 0.2) is 0 Å². The predicted molar refractivity (Wildman–Crippen MR) is 68.8 cm³/mol. The molecule has 0 aliphatic heterocycles. The van der Waals surface area contributed by atoms with E-state index in [9.17, 15) is 15.3 Å². The molecule has 0 aromatic carbocycles. The van der Waals surface area contributed by atoms with Gasteiger partial charge >= 0.3 is 0 Å². The average molecular weight is 254 g/mol. The molecule has 0 aromatic rings. The van der Waals surface area contributed by atoms with Gasteiger partial charge < -0.3 is 15.3 Å². The van der Waals surface area contributed by atoms with Gasteiger partial charge in [-0.15, -0.1) is 0 Å². The van der Waals surface area contributed by atoms with E-state index < -0.39 is 5.60 Å². The van der Waals surface area contributed by atoms with Gasteiger partial charge in [0, 0.05) is 6.61 Å². The molecule has 104 valence electrons. The van der Waals surface area contributed by atoms with E-state index in [1.165, 1.54) is 0 Å². The van der Waals surface area contributed by atoms with Crippen LogP contribution in [0.5, 0.6) is 0 Å². The molecule has 3 aliphatic carbocycles. The van der Waals surface area contributed by atoms with Crippen LogP contribution in [0.2, 0.25) is 0 Å². The highest BCUT2D eigenvalue weighted by Gasteiger charge is 2.69. The van der Waals surface area contributed by atoms with Crippen LogP contribution >= 0.6 is 0 Å². The summed E-state index contributed by atoms with van der Waals surface area (Å²) < 4.78 is 0. The van der Waals surface area contributed by atoms with Crippen molar-refractivity contribution in [3.8, 4) is 0 Å². The maximum Gasteiger partial charge on any atom is 0.0651 e. The number of aliphatic hydroxyl groups excluding tert-OH is 2. The van der Waals surface area contributed by atoms with Gasteiger partial charge in [-0.05, 0) is 61.2 Å². The van der Waals surface area contributed by atoms with Crippen molar-refractivity contribution in [3.05, 3.63) is 0 Å². The molecule has 0 unspecified atom stereocenters. The van der Waals surface area contributed by atoms with E-state index in [1.54, 1.807) is 0 Å². The topological polar surface area (TPSA) is 60.7 Å². The molecule has 3 aliphatic rings. The first-order valence-electron chi connectivity index (χ1n) is 7.34. The van der Waals surface area contributed by atoms with Gasteiger partial charge in [-0.1, -0.05) is 13.8 Å². The van der Waals surface area contributed by atoms with Gasteiger partial charge in [0.05, 0.1) is 11.7 Å². The minimum Gasteiger partial charge on any atom is -0.396 e. The number of hydrogen-bond donors (Lipinski definition) is 3. The van der Waals surface area contributed by atoms with Crippen LogP contribution in [-0.4, -0.2) is 33.6 Å². The Labute approximate surface area is 109 Å². The summed E-state index contributed by atoms with van der Waals surface area (Å²) >= 11 is 0. The molecule has 3 nitrogen and oxygen atoms in total. The van der Waals surface area contributed by atoms with Gasteiger partial charge in [0.1, 0.15) is 0 Å². The lowest BCUT2D eigenvalue weighted by molar-refractivity contribution is -0.0333. The Morgan fingerprint density at radius 3 is 2.50 bits per heavy atom. The van der Waals surface area contributed by atoms with E-state index in [1.807, 2.05) is 6.92 Å². The van der Waals surface area contributed by atoms with Gasteiger partial charge in [0.2, 0.25) is 0 Å². The highest BCUT2D eigenvalue weighted by Crippen LogP contribution is 2.71. The Morgan fingerprint density at radius 2 is 1.89 bits per heavy atom. The minimum absolute atomic E-state index is 0.0394. The zero-order valence-electron chi connectivity index (χ0n) is 11.6. The van der Waals surface area contributed by atoms with Crippen molar-refractivity contribution in [1.82, 2.24) is 0 Å². The Kier molecular flexibility index (Phi) is 2.66. The molecule has 3 N–H and O–H groups in total. The number of aliphatic hydroxyl groups is 3. The fourth-order valence-electron chi connectivity index (χ4n) is 5.27. The summed E-state index contributed by atoms with van der Waals surface area (Å²) in [5.74, 6) is 1.86. The van der Waals surface area contributed by atoms with Gasteiger partial charge in [0.15, 0.2) is 0 Å². The van der Waals surface area contributed by atoms with Crippen LogP contribution in [-0.2, 0) is 0 Å².